The third kappa shape index (κ3) is 28.5. The highest BCUT2D eigenvalue weighted by Gasteiger charge is 2.04. The van der Waals surface area contributed by atoms with Gasteiger partial charge in [-0.15, -0.1) is 0 Å². The highest BCUT2D eigenvalue weighted by Crippen LogP contribution is 2.22. The van der Waals surface area contributed by atoms with Crippen molar-refractivity contribution in [1.29, 1.82) is 0 Å². The number of aliphatic hydroxyl groups is 1. The third-order valence-corrected chi connectivity index (χ3v) is 5.38. The van der Waals surface area contributed by atoms with E-state index in [1.807, 2.05) is 32.0 Å². The quantitative estimate of drug-likeness (QED) is 0.177. The van der Waals surface area contributed by atoms with E-state index in [1.165, 1.54) is 85.3 Å². The molecule has 0 bridgehead atoms. The lowest BCUT2D eigenvalue weighted by atomic mass is 10.0. The van der Waals surface area contributed by atoms with Gasteiger partial charge in [-0.25, -0.2) is 4.39 Å². The Balaban J connectivity index is -0.000000240. The fourth-order valence-corrected chi connectivity index (χ4v) is 2.73. The lowest BCUT2D eigenvalue weighted by Gasteiger charge is -2.04. The number of aryl methyl sites for hydroxylation is 1. The first-order valence-corrected chi connectivity index (χ1v) is 15.2. The number of benzene rings is 2. The first-order valence-electron chi connectivity index (χ1n) is 15.2. The molecule has 0 aliphatic carbocycles. The summed E-state index contributed by atoms with van der Waals surface area (Å²) in [5, 5.41) is 10.7. The number of Topliss-reactive ketones (excluding diaryl/α,β-unsaturated/α-hetero) is 1. The molecule has 6 heteroatoms. The molecule has 0 fully saturated rings. The van der Waals surface area contributed by atoms with Gasteiger partial charge in [-0.2, -0.15) is 0 Å². The number of carbonyl (C=O) groups excluding carboxylic acids is 3. The Morgan fingerprint density at radius 2 is 1.27 bits per heavy atom. The molecule has 5 nitrogen and oxygen atoms in total. The predicted molar refractivity (Wildman–Crippen MR) is 175 cm³/mol. The number of hydrogen-bond acceptors (Lipinski definition) is 4. The summed E-state index contributed by atoms with van der Waals surface area (Å²) in [7, 11) is 1.48. The Bertz CT molecular complexity index is 872. The van der Waals surface area contributed by atoms with Crippen LogP contribution in [0.5, 0.6) is 0 Å². The largest absolute Gasteiger partial charge is 0.384 e. The number of amides is 1. The number of hydrogen-bond donors (Lipinski definition) is 2. The smallest absolute Gasteiger partial charge is 0.248 e. The van der Waals surface area contributed by atoms with Gasteiger partial charge in [0.25, 0.3) is 0 Å². The number of likely N-dealkylation sites (N-methyl/N-ethyl adjacent to an activating group) is 1. The normalized spacial score (nSPS) is 9.59. The van der Waals surface area contributed by atoms with E-state index in [2.05, 4.69) is 33.0 Å². The van der Waals surface area contributed by atoms with Crippen molar-refractivity contribution in [1.82, 2.24) is 5.32 Å². The zero-order valence-electron chi connectivity index (χ0n) is 27.9. The van der Waals surface area contributed by atoms with Crippen molar-refractivity contribution < 1.29 is 23.9 Å². The van der Waals surface area contributed by atoms with Gasteiger partial charge < -0.3 is 15.2 Å². The predicted octanol–water partition coefficient (Wildman–Crippen LogP) is 9.52. The molecule has 0 spiro atoms. The molecule has 0 radical (unpaired) electrons. The fourth-order valence-electron chi connectivity index (χ4n) is 2.73. The number of rotatable bonds is 9. The summed E-state index contributed by atoms with van der Waals surface area (Å²) in [4.78, 5) is 30.1. The average Bonchev–Trinajstić information content (AvgIpc) is 2.98. The molecule has 0 saturated heterocycles. The van der Waals surface area contributed by atoms with Crippen LogP contribution >= 0.6 is 0 Å². The van der Waals surface area contributed by atoms with Gasteiger partial charge in [-0.05, 0) is 50.5 Å². The molecule has 2 aromatic carbocycles. The number of carbonyl (C=O) groups is 3. The Morgan fingerprint density at radius 3 is 1.54 bits per heavy atom. The van der Waals surface area contributed by atoms with Crippen molar-refractivity contribution in [2.24, 2.45) is 0 Å². The van der Waals surface area contributed by atoms with E-state index in [0.717, 1.165) is 17.4 Å². The molecule has 2 N–H and O–H groups in total. The van der Waals surface area contributed by atoms with Crippen LogP contribution in [0.3, 0.4) is 0 Å². The van der Waals surface area contributed by atoms with Crippen molar-refractivity contribution in [2.75, 3.05) is 7.05 Å². The highest BCUT2D eigenvalue weighted by atomic mass is 19.1. The van der Waals surface area contributed by atoms with Gasteiger partial charge in [0, 0.05) is 12.6 Å². The van der Waals surface area contributed by atoms with Gasteiger partial charge >= 0.3 is 0 Å². The Kier molecular flexibility index (Phi) is 36.7. The maximum absolute atomic E-state index is 13.4. The number of nitrogens with one attached hydrogen (secondary N) is 1. The second kappa shape index (κ2) is 33.3. The maximum atomic E-state index is 13.4. The Hall–Kier alpha value is -2.86. The van der Waals surface area contributed by atoms with Gasteiger partial charge in [0.05, 0.1) is 0 Å². The number of aliphatic hydroxyl groups excluding tert-OH is 1. The molecule has 2 aromatic rings. The monoisotopic (exact) mass is 577 g/mol. The van der Waals surface area contributed by atoms with Crippen molar-refractivity contribution >= 4 is 18.0 Å². The number of ketones is 1. The van der Waals surface area contributed by atoms with Gasteiger partial charge in [0.2, 0.25) is 5.91 Å². The zero-order valence-corrected chi connectivity index (χ0v) is 27.9. The van der Waals surface area contributed by atoms with Crippen molar-refractivity contribution in [3.63, 3.8) is 0 Å². The minimum absolute atomic E-state index is 0.0339. The van der Waals surface area contributed by atoms with Crippen LogP contribution in [0.2, 0.25) is 0 Å². The zero-order chi connectivity index (χ0) is 32.6. The second-order valence-corrected chi connectivity index (χ2v) is 9.04. The second-order valence-electron chi connectivity index (χ2n) is 9.04. The summed E-state index contributed by atoms with van der Waals surface area (Å²) in [6.45, 7) is 19.0. The van der Waals surface area contributed by atoms with E-state index in [0.29, 0.717) is 11.1 Å². The summed E-state index contributed by atoms with van der Waals surface area (Å²) in [6.07, 6.45) is 11.0. The number of halogens is 1. The Labute approximate surface area is 251 Å². The molecule has 0 saturated carbocycles. The maximum Gasteiger partial charge on any atom is 0.248 e. The molecule has 0 aliphatic heterocycles. The van der Waals surface area contributed by atoms with Crippen molar-refractivity contribution in [2.45, 2.75) is 127 Å². The van der Waals surface area contributed by atoms with Crippen molar-refractivity contribution in [3.05, 3.63) is 59.4 Å². The van der Waals surface area contributed by atoms with Crippen LogP contribution in [-0.2, 0) is 9.59 Å². The molecule has 1 unspecified atom stereocenters. The molecule has 236 valence electrons. The molecule has 2 rings (SSSR count). The molecular weight excluding hydrogens is 517 g/mol. The van der Waals surface area contributed by atoms with Crippen LogP contribution in [0.15, 0.2) is 42.5 Å². The number of aldehydes is 1. The van der Waals surface area contributed by atoms with Gasteiger partial charge in [0.1, 0.15) is 18.2 Å². The summed E-state index contributed by atoms with van der Waals surface area (Å²) in [5.74, 6) is -0.523. The van der Waals surface area contributed by atoms with E-state index in [1.54, 1.807) is 25.1 Å². The summed E-state index contributed by atoms with van der Waals surface area (Å²) >= 11 is 0. The minimum Gasteiger partial charge on any atom is -0.384 e. The molecule has 0 heterocycles. The lowest BCUT2D eigenvalue weighted by molar-refractivity contribution is -0.127. The van der Waals surface area contributed by atoms with Crippen LogP contribution in [0.4, 0.5) is 4.39 Å². The van der Waals surface area contributed by atoms with Crippen LogP contribution in [0.25, 0.3) is 11.1 Å². The van der Waals surface area contributed by atoms with E-state index in [4.69, 9.17) is 9.90 Å². The number of unbranched alkanes of at least 4 members (excludes halogenated alkanes) is 6. The topological polar surface area (TPSA) is 83.5 Å². The molecule has 41 heavy (non-hydrogen) atoms. The minimum atomic E-state index is -0.884. The summed E-state index contributed by atoms with van der Waals surface area (Å²) in [5.41, 5.74) is 3.03. The van der Waals surface area contributed by atoms with Gasteiger partial charge in [0.15, 0.2) is 5.78 Å². The first-order chi connectivity index (χ1) is 19.5. The van der Waals surface area contributed by atoms with E-state index < -0.39 is 6.10 Å². The van der Waals surface area contributed by atoms with E-state index in [-0.39, 0.29) is 17.5 Å². The summed E-state index contributed by atoms with van der Waals surface area (Å²) < 4.78 is 13.4. The van der Waals surface area contributed by atoms with Crippen LogP contribution in [-0.4, -0.2) is 36.2 Å². The molecule has 1 atom stereocenters. The van der Waals surface area contributed by atoms with Crippen LogP contribution in [0.1, 0.15) is 130 Å². The average molecular weight is 578 g/mol. The van der Waals surface area contributed by atoms with Crippen LogP contribution in [0, 0.1) is 12.7 Å². The van der Waals surface area contributed by atoms with E-state index >= 15 is 0 Å². The third-order valence-electron chi connectivity index (χ3n) is 5.38. The standard InChI is InChI=1S/C15H13FO.C8H18.C4H9NO2.C4H10.C2H4O.C2H6/c1-10-3-4-14(9-15(10)16)13-7-5-12(6-8-13)11(2)17;1-3-5-7-8-6-4-2;1-3(6)4(7)5-2;1-3-4-2;1-2-3;1-2/h3-9H,1-2H3;3-8H2,1-2H3;3,6H,1-2H3,(H,5,7);3-4H2,1-2H3;2H,1H3;1-2H3. The summed E-state index contributed by atoms with van der Waals surface area (Å²) in [6, 6.07) is 12.3. The van der Waals surface area contributed by atoms with Crippen molar-refractivity contribution in [3.8, 4) is 11.1 Å². The first kappa shape index (κ1) is 45.1. The van der Waals surface area contributed by atoms with Gasteiger partial charge in [-0.3, -0.25) is 9.59 Å². The molecule has 0 aliphatic rings. The highest BCUT2D eigenvalue weighted by molar-refractivity contribution is 5.94. The SMILES string of the molecule is CC.CC(=O)c1ccc(-c2ccc(C)c(F)c2)cc1.CC=O.CCCC.CCCCCCCC.CNC(=O)C(C)O. The lowest BCUT2D eigenvalue weighted by Crippen LogP contribution is -2.28. The van der Waals surface area contributed by atoms with E-state index in [9.17, 15) is 14.0 Å². The molecule has 0 aromatic heterocycles. The Morgan fingerprint density at radius 1 is 0.854 bits per heavy atom. The fraction of sp³-hybridized carbons (Fsp3) is 0.571. The van der Waals surface area contributed by atoms with Crippen LogP contribution < -0.4 is 5.32 Å². The molecular formula is C35H60FNO4. The van der Waals surface area contributed by atoms with Gasteiger partial charge in [-0.1, -0.05) is 129 Å². The molecule has 1 amide bonds.